The molecular weight excluding hydrogens is 456 g/mol. The molecule has 0 aliphatic carbocycles. The molecule has 0 saturated heterocycles. The van der Waals surface area contributed by atoms with E-state index in [2.05, 4.69) is 16.0 Å². The minimum absolute atomic E-state index is 0.0253. The third-order valence-corrected chi connectivity index (χ3v) is 5.36. The van der Waals surface area contributed by atoms with Crippen LogP contribution in [0.25, 0.3) is 0 Å². The van der Waals surface area contributed by atoms with E-state index < -0.39 is 59.9 Å². The lowest BCUT2D eigenvalue weighted by Crippen LogP contribution is -2.59. The molecule has 3 amide bonds. The molecule has 1 aromatic carbocycles. The number of carboxylic acid groups (broad SMARTS) is 1. The summed E-state index contributed by atoms with van der Waals surface area (Å²) in [6.07, 6.45) is -0.876. The number of amides is 3. The van der Waals surface area contributed by atoms with E-state index in [-0.39, 0.29) is 24.5 Å². The van der Waals surface area contributed by atoms with Gasteiger partial charge in [0.15, 0.2) is 6.04 Å². The van der Waals surface area contributed by atoms with Gasteiger partial charge in [-0.15, -0.1) is 0 Å². The summed E-state index contributed by atoms with van der Waals surface area (Å²) in [6.45, 7) is 8.32. The monoisotopic (exact) mass is 494 g/mol. The number of aromatic hydroxyl groups is 1. The molecule has 5 unspecified atom stereocenters. The number of phenolic OH excluding ortho intramolecular Hbond substituents is 1. The Morgan fingerprint density at radius 3 is 1.86 bits per heavy atom. The summed E-state index contributed by atoms with van der Waals surface area (Å²) in [5.41, 5.74) is 6.76. The Morgan fingerprint density at radius 1 is 0.857 bits per heavy atom. The molecule has 0 fully saturated rings. The van der Waals surface area contributed by atoms with E-state index in [1.165, 1.54) is 19.1 Å². The average Bonchev–Trinajstić information content (AvgIpc) is 2.75. The number of nitrogens with two attached hydrogens (primary N) is 1. The summed E-state index contributed by atoms with van der Waals surface area (Å²) < 4.78 is 0. The molecule has 35 heavy (non-hydrogen) atoms. The molecule has 1 rings (SSSR count). The molecule has 8 N–H and O–H groups in total. The van der Waals surface area contributed by atoms with Gasteiger partial charge in [0.2, 0.25) is 17.7 Å². The van der Waals surface area contributed by atoms with Crippen LogP contribution in [0.5, 0.6) is 5.75 Å². The largest absolute Gasteiger partial charge is 0.508 e. The second kappa shape index (κ2) is 13.6. The molecule has 0 aliphatic rings. The van der Waals surface area contributed by atoms with Crippen molar-refractivity contribution in [1.29, 1.82) is 0 Å². The highest BCUT2D eigenvalue weighted by Crippen LogP contribution is 2.12. The van der Waals surface area contributed by atoms with E-state index in [0.29, 0.717) is 0 Å². The van der Waals surface area contributed by atoms with E-state index in [4.69, 9.17) is 5.73 Å². The van der Waals surface area contributed by atoms with Crippen LogP contribution in [0.1, 0.15) is 46.6 Å². The zero-order valence-corrected chi connectivity index (χ0v) is 20.8. The Kier molecular flexibility index (Phi) is 11.6. The number of benzene rings is 1. The van der Waals surface area contributed by atoms with Gasteiger partial charge >= 0.3 is 5.97 Å². The molecule has 11 nitrogen and oxygen atoms in total. The van der Waals surface area contributed by atoms with Gasteiger partial charge in [0.25, 0.3) is 0 Å². The number of rotatable bonds is 13. The van der Waals surface area contributed by atoms with Crippen molar-refractivity contribution >= 4 is 23.7 Å². The van der Waals surface area contributed by atoms with Gasteiger partial charge in [0.1, 0.15) is 17.8 Å². The van der Waals surface area contributed by atoms with Gasteiger partial charge < -0.3 is 37.0 Å². The lowest BCUT2D eigenvalue weighted by atomic mass is 9.98. The summed E-state index contributed by atoms with van der Waals surface area (Å²) in [4.78, 5) is 49.8. The van der Waals surface area contributed by atoms with Crippen LogP contribution in [0.15, 0.2) is 24.3 Å². The zero-order valence-electron chi connectivity index (χ0n) is 20.8. The maximum atomic E-state index is 13.1. The summed E-state index contributed by atoms with van der Waals surface area (Å²) in [7, 11) is 0. The summed E-state index contributed by atoms with van der Waals surface area (Å²) in [6, 6.07) is 1.69. The molecule has 0 bridgehead atoms. The Balaban J connectivity index is 2.93. The van der Waals surface area contributed by atoms with Crippen LogP contribution in [-0.4, -0.2) is 69.3 Å². The molecule has 11 heteroatoms. The van der Waals surface area contributed by atoms with E-state index in [0.717, 1.165) is 5.56 Å². The van der Waals surface area contributed by atoms with Crippen molar-refractivity contribution in [2.75, 3.05) is 0 Å². The molecule has 0 radical (unpaired) electrons. The summed E-state index contributed by atoms with van der Waals surface area (Å²) >= 11 is 0. The molecule has 1 aromatic rings. The topological polar surface area (TPSA) is 191 Å². The van der Waals surface area contributed by atoms with Gasteiger partial charge in [-0.05, 0) is 49.3 Å². The third-order valence-electron chi connectivity index (χ3n) is 5.36. The standard InChI is InChI=1S/C24H38N4O7/c1-12(2)10-18(26-21(31)17(25)11-15-6-8-16(30)9-7-15)22(32)27-19(13(3)4)23(33)28-20(14(5)29)24(34)35/h6-9,12-14,17-20,29-30H,10-11,25H2,1-5H3,(H,26,31)(H,27,32)(H,28,33)(H,34,35). The van der Waals surface area contributed by atoms with E-state index in [1.54, 1.807) is 26.0 Å². The van der Waals surface area contributed by atoms with Crippen LogP contribution in [0.4, 0.5) is 0 Å². The summed E-state index contributed by atoms with van der Waals surface area (Å²) in [5.74, 6) is -3.62. The van der Waals surface area contributed by atoms with Gasteiger partial charge in [-0.1, -0.05) is 39.8 Å². The van der Waals surface area contributed by atoms with Gasteiger partial charge in [-0.2, -0.15) is 0 Å². The van der Waals surface area contributed by atoms with Gasteiger partial charge in [0, 0.05) is 0 Å². The van der Waals surface area contributed by atoms with Crippen molar-refractivity contribution < 1.29 is 34.5 Å². The number of nitrogens with one attached hydrogen (secondary N) is 3. The molecule has 0 spiro atoms. The first-order valence-corrected chi connectivity index (χ1v) is 11.6. The van der Waals surface area contributed by atoms with Gasteiger partial charge in [0.05, 0.1) is 12.1 Å². The maximum Gasteiger partial charge on any atom is 0.328 e. The smallest absolute Gasteiger partial charge is 0.328 e. The number of carbonyl (C=O) groups excluding carboxylic acids is 3. The van der Waals surface area contributed by atoms with Gasteiger partial charge in [-0.3, -0.25) is 14.4 Å². The van der Waals surface area contributed by atoms with Crippen LogP contribution < -0.4 is 21.7 Å². The van der Waals surface area contributed by atoms with Crippen molar-refractivity contribution in [3.8, 4) is 5.75 Å². The molecule has 196 valence electrons. The van der Waals surface area contributed by atoms with Crippen LogP contribution in [0.2, 0.25) is 0 Å². The van der Waals surface area contributed by atoms with Crippen molar-refractivity contribution in [3.05, 3.63) is 29.8 Å². The Morgan fingerprint density at radius 2 is 1.40 bits per heavy atom. The fourth-order valence-corrected chi connectivity index (χ4v) is 3.38. The quantitative estimate of drug-likeness (QED) is 0.197. The van der Waals surface area contributed by atoms with Crippen LogP contribution >= 0.6 is 0 Å². The second-order valence-corrected chi connectivity index (χ2v) is 9.46. The third kappa shape index (κ3) is 9.91. The van der Waals surface area contributed by atoms with Crippen molar-refractivity contribution in [3.63, 3.8) is 0 Å². The highest BCUT2D eigenvalue weighted by Gasteiger charge is 2.33. The highest BCUT2D eigenvalue weighted by molar-refractivity contribution is 5.94. The van der Waals surface area contributed by atoms with E-state index in [9.17, 15) is 34.5 Å². The fraction of sp³-hybridized carbons (Fsp3) is 0.583. The normalized spacial score (nSPS) is 15.6. The number of aliphatic hydroxyl groups is 1. The van der Waals surface area contributed by atoms with Crippen LogP contribution in [0, 0.1) is 11.8 Å². The van der Waals surface area contributed by atoms with Crippen LogP contribution in [-0.2, 0) is 25.6 Å². The first-order chi connectivity index (χ1) is 16.2. The first kappa shape index (κ1) is 29.9. The number of carbonyl (C=O) groups is 4. The lowest BCUT2D eigenvalue weighted by molar-refractivity contribution is -0.145. The second-order valence-electron chi connectivity index (χ2n) is 9.46. The predicted molar refractivity (Wildman–Crippen MR) is 129 cm³/mol. The molecule has 0 aromatic heterocycles. The fourth-order valence-electron chi connectivity index (χ4n) is 3.38. The lowest BCUT2D eigenvalue weighted by Gasteiger charge is -2.28. The number of hydrogen-bond acceptors (Lipinski definition) is 7. The number of phenols is 1. The number of carboxylic acids is 1. The zero-order chi connectivity index (χ0) is 26.9. The van der Waals surface area contributed by atoms with Crippen LogP contribution in [0.3, 0.4) is 0 Å². The Labute approximate surface area is 205 Å². The molecule has 5 atom stereocenters. The number of aliphatic hydroxyl groups excluding tert-OH is 1. The number of aliphatic carboxylic acids is 1. The Hall–Kier alpha value is -3.18. The predicted octanol–water partition coefficient (Wildman–Crippen LogP) is -0.116. The summed E-state index contributed by atoms with van der Waals surface area (Å²) in [5, 5.41) is 35.7. The molecule has 0 heterocycles. The average molecular weight is 495 g/mol. The van der Waals surface area contributed by atoms with Crippen molar-refractivity contribution in [1.82, 2.24) is 16.0 Å². The van der Waals surface area contributed by atoms with E-state index in [1.807, 2.05) is 13.8 Å². The Bertz CT molecular complexity index is 871. The van der Waals surface area contributed by atoms with E-state index >= 15 is 0 Å². The van der Waals surface area contributed by atoms with Crippen molar-refractivity contribution in [2.24, 2.45) is 17.6 Å². The minimum atomic E-state index is -1.54. The molecule has 0 aliphatic heterocycles. The number of hydrogen-bond donors (Lipinski definition) is 7. The minimum Gasteiger partial charge on any atom is -0.508 e. The first-order valence-electron chi connectivity index (χ1n) is 11.6. The molecular formula is C24H38N4O7. The van der Waals surface area contributed by atoms with Crippen molar-refractivity contribution in [2.45, 2.75) is 77.7 Å². The van der Waals surface area contributed by atoms with Gasteiger partial charge in [-0.25, -0.2) is 4.79 Å². The highest BCUT2D eigenvalue weighted by atomic mass is 16.4. The SMILES string of the molecule is CC(C)CC(NC(=O)C(N)Cc1ccc(O)cc1)C(=O)NC(C(=O)NC(C(=O)O)C(C)O)C(C)C. The maximum absolute atomic E-state index is 13.1. The molecule has 0 saturated carbocycles.